The molecule has 7 nitrogen and oxygen atoms in total. The largest absolute Gasteiger partial charge is 0.378 e. The number of rotatable bonds is 3. The molecule has 0 unspecified atom stereocenters. The summed E-state index contributed by atoms with van der Waals surface area (Å²) < 4.78 is 11.0. The third-order valence-corrected chi connectivity index (χ3v) is 6.07. The zero-order valence-corrected chi connectivity index (χ0v) is 16.4. The molecule has 0 bridgehead atoms. The fourth-order valence-corrected chi connectivity index (χ4v) is 4.23. The van der Waals surface area contributed by atoms with Crippen LogP contribution in [-0.2, 0) is 14.3 Å². The minimum atomic E-state index is -0.215. The number of piperidine rings is 1. The Kier molecular flexibility index (Phi) is 5.59. The highest BCUT2D eigenvalue weighted by atomic mass is 16.5. The number of hydrogen-bond donors (Lipinski definition) is 0. The maximum Gasteiger partial charge on any atom is 0.251 e. The molecule has 4 rings (SSSR count). The lowest BCUT2D eigenvalue weighted by molar-refractivity contribution is -0.142. The molecule has 3 aliphatic heterocycles. The van der Waals surface area contributed by atoms with Gasteiger partial charge in [0.25, 0.3) is 5.91 Å². The van der Waals surface area contributed by atoms with E-state index in [0.717, 1.165) is 88.0 Å². The van der Waals surface area contributed by atoms with Gasteiger partial charge in [0.15, 0.2) is 0 Å². The molecule has 0 aliphatic carbocycles. The van der Waals surface area contributed by atoms with Gasteiger partial charge in [0.2, 0.25) is 0 Å². The number of anilines is 1. The molecule has 7 heteroatoms. The molecule has 3 aliphatic rings. The van der Waals surface area contributed by atoms with Gasteiger partial charge >= 0.3 is 0 Å². The summed E-state index contributed by atoms with van der Waals surface area (Å²) in [6.07, 6.45) is 3.48. The summed E-state index contributed by atoms with van der Waals surface area (Å²) in [5, 5.41) is 0. The Bertz CT molecular complexity index is 676. The second kappa shape index (κ2) is 8.10. The van der Waals surface area contributed by atoms with Gasteiger partial charge in [0.1, 0.15) is 17.7 Å². The maximum absolute atomic E-state index is 12.6. The minimum absolute atomic E-state index is 0.168. The van der Waals surface area contributed by atoms with E-state index in [0.29, 0.717) is 12.5 Å². The number of morpholine rings is 1. The highest BCUT2D eigenvalue weighted by Crippen LogP contribution is 2.30. The second-order valence-electron chi connectivity index (χ2n) is 7.82. The molecule has 1 amide bonds. The van der Waals surface area contributed by atoms with E-state index in [2.05, 4.69) is 18.7 Å². The van der Waals surface area contributed by atoms with Gasteiger partial charge in [-0.15, -0.1) is 0 Å². The predicted molar refractivity (Wildman–Crippen MR) is 102 cm³/mol. The molecule has 0 radical (unpaired) electrons. The average molecular weight is 374 g/mol. The van der Waals surface area contributed by atoms with E-state index in [9.17, 15) is 4.79 Å². The lowest BCUT2D eigenvalue weighted by Crippen LogP contribution is -2.43. The second-order valence-corrected chi connectivity index (χ2v) is 7.82. The SMILES string of the molecule is Cc1nc(C2CCN(C(=O)[C@H]3CCCO3)CC2)nc(N2CCOCC2)c1C. The Balaban J connectivity index is 1.44. The van der Waals surface area contributed by atoms with E-state index in [-0.39, 0.29) is 12.0 Å². The summed E-state index contributed by atoms with van der Waals surface area (Å²) in [5.74, 6) is 2.47. The first kappa shape index (κ1) is 18.6. The third-order valence-electron chi connectivity index (χ3n) is 6.07. The number of hydrogen-bond acceptors (Lipinski definition) is 6. The molecule has 0 spiro atoms. The maximum atomic E-state index is 12.6. The van der Waals surface area contributed by atoms with Crippen molar-refractivity contribution in [1.29, 1.82) is 0 Å². The van der Waals surface area contributed by atoms with Crippen LogP contribution in [0.25, 0.3) is 0 Å². The Morgan fingerprint density at radius 2 is 1.74 bits per heavy atom. The van der Waals surface area contributed by atoms with Crippen LogP contribution in [0.2, 0.25) is 0 Å². The van der Waals surface area contributed by atoms with E-state index in [1.54, 1.807) is 0 Å². The van der Waals surface area contributed by atoms with Gasteiger partial charge in [-0.1, -0.05) is 0 Å². The van der Waals surface area contributed by atoms with Crippen LogP contribution >= 0.6 is 0 Å². The van der Waals surface area contributed by atoms with Gasteiger partial charge in [-0.2, -0.15) is 0 Å². The van der Waals surface area contributed by atoms with Crippen LogP contribution < -0.4 is 4.90 Å². The Morgan fingerprint density at radius 1 is 1.00 bits per heavy atom. The molecule has 3 saturated heterocycles. The molecule has 4 heterocycles. The van der Waals surface area contributed by atoms with Crippen molar-refractivity contribution in [3.8, 4) is 0 Å². The van der Waals surface area contributed by atoms with Crippen molar-refractivity contribution in [2.45, 2.75) is 51.6 Å². The van der Waals surface area contributed by atoms with Crippen LogP contribution in [-0.4, -0.2) is 72.9 Å². The molecule has 0 aromatic carbocycles. The normalized spacial score (nSPS) is 24.4. The predicted octanol–water partition coefficient (Wildman–Crippen LogP) is 1.82. The lowest BCUT2D eigenvalue weighted by Gasteiger charge is -2.34. The Hall–Kier alpha value is -1.73. The standard InChI is InChI=1S/C20H30N4O3/c1-14-15(2)21-18(22-19(14)23-9-12-26-13-10-23)16-5-7-24(8-6-16)20(25)17-4-3-11-27-17/h16-17H,3-13H2,1-2H3/t17-/m1/s1. The molecule has 3 fully saturated rings. The van der Waals surface area contributed by atoms with E-state index in [4.69, 9.17) is 19.4 Å². The molecule has 1 atom stereocenters. The van der Waals surface area contributed by atoms with Crippen molar-refractivity contribution in [2.75, 3.05) is 50.9 Å². The highest BCUT2D eigenvalue weighted by molar-refractivity contribution is 5.81. The number of aromatic nitrogens is 2. The van der Waals surface area contributed by atoms with Gasteiger partial charge in [-0.3, -0.25) is 4.79 Å². The van der Waals surface area contributed by atoms with E-state index in [1.807, 2.05) is 4.90 Å². The average Bonchev–Trinajstić information content (AvgIpc) is 3.25. The summed E-state index contributed by atoms with van der Waals surface area (Å²) >= 11 is 0. The van der Waals surface area contributed by atoms with Crippen molar-refractivity contribution in [1.82, 2.24) is 14.9 Å². The molecule has 1 aromatic rings. The van der Waals surface area contributed by atoms with Gasteiger partial charge < -0.3 is 19.3 Å². The van der Waals surface area contributed by atoms with Crippen LogP contribution in [0.5, 0.6) is 0 Å². The number of carbonyl (C=O) groups excluding carboxylic acids is 1. The number of nitrogens with zero attached hydrogens (tertiary/aromatic N) is 4. The Labute approximate surface area is 161 Å². The van der Waals surface area contributed by atoms with Gasteiger partial charge in [0.05, 0.1) is 13.2 Å². The van der Waals surface area contributed by atoms with Crippen LogP contribution in [0.15, 0.2) is 0 Å². The fourth-order valence-electron chi connectivity index (χ4n) is 4.23. The monoisotopic (exact) mass is 374 g/mol. The zero-order chi connectivity index (χ0) is 18.8. The molecular weight excluding hydrogens is 344 g/mol. The summed E-state index contributed by atoms with van der Waals surface area (Å²) in [6.45, 7) is 9.69. The fraction of sp³-hybridized carbons (Fsp3) is 0.750. The van der Waals surface area contributed by atoms with Gasteiger partial charge in [-0.05, 0) is 39.5 Å². The van der Waals surface area contributed by atoms with Crippen molar-refractivity contribution < 1.29 is 14.3 Å². The van der Waals surface area contributed by atoms with Gasteiger partial charge in [0, 0.05) is 50.0 Å². The molecule has 0 N–H and O–H groups in total. The Morgan fingerprint density at radius 3 is 2.41 bits per heavy atom. The third kappa shape index (κ3) is 3.94. The number of likely N-dealkylation sites (tertiary alicyclic amines) is 1. The van der Waals surface area contributed by atoms with Crippen molar-refractivity contribution in [3.05, 3.63) is 17.1 Å². The molecule has 27 heavy (non-hydrogen) atoms. The summed E-state index contributed by atoms with van der Waals surface area (Å²) in [5.41, 5.74) is 2.21. The van der Waals surface area contributed by atoms with E-state index >= 15 is 0 Å². The van der Waals surface area contributed by atoms with Crippen LogP contribution in [0, 0.1) is 13.8 Å². The van der Waals surface area contributed by atoms with Crippen LogP contribution in [0.4, 0.5) is 5.82 Å². The van der Waals surface area contributed by atoms with Crippen molar-refractivity contribution >= 4 is 11.7 Å². The van der Waals surface area contributed by atoms with E-state index < -0.39 is 0 Å². The zero-order valence-electron chi connectivity index (χ0n) is 16.4. The minimum Gasteiger partial charge on any atom is -0.378 e. The lowest BCUT2D eigenvalue weighted by atomic mass is 9.95. The molecule has 1 aromatic heterocycles. The van der Waals surface area contributed by atoms with Crippen molar-refractivity contribution in [3.63, 3.8) is 0 Å². The topological polar surface area (TPSA) is 67.8 Å². The van der Waals surface area contributed by atoms with Gasteiger partial charge in [-0.25, -0.2) is 9.97 Å². The first-order valence-corrected chi connectivity index (χ1v) is 10.2. The number of aryl methyl sites for hydroxylation is 1. The summed E-state index contributed by atoms with van der Waals surface area (Å²) in [6, 6.07) is 0. The molecule has 0 saturated carbocycles. The first-order valence-electron chi connectivity index (χ1n) is 10.2. The van der Waals surface area contributed by atoms with Crippen LogP contribution in [0.3, 0.4) is 0 Å². The number of ether oxygens (including phenoxy) is 2. The van der Waals surface area contributed by atoms with Crippen molar-refractivity contribution in [2.24, 2.45) is 0 Å². The number of carbonyl (C=O) groups is 1. The molecular formula is C20H30N4O3. The first-order chi connectivity index (χ1) is 13.1. The number of amides is 1. The smallest absolute Gasteiger partial charge is 0.251 e. The quantitative estimate of drug-likeness (QED) is 0.804. The van der Waals surface area contributed by atoms with E-state index in [1.165, 1.54) is 0 Å². The summed E-state index contributed by atoms with van der Waals surface area (Å²) in [4.78, 5) is 26.6. The van der Waals surface area contributed by atoms with Crippen LogP contribution in [0.1, 0.15) is 48.7 Å². The molecule has 148 valence electrons. The summed E-state index contributed by atoms with van der Waals surface area (Å²) in [7, 11) is 0. The highest BCUT2D eigenvalue weighted by Gasteiger charge is 2.32.